The summed E-state index contributed by atoms with van der Waals surface area (Å²) in [7, 11) is 0. The Bertz CT molecular complexity index is 1170. The number of rotatable bonds is 34. The molecule has 0 aliphatic rings. The Morgan fingerprint density at radius 1 is 0.423 bits per heavy atom. The maximum Gasteiger partial charge on any atom is 0.338 e. The van der Waals surface area contributed by atoms with Crippen LogP contribution >= 0.6 is 0 Å². The number of hydrogen-bond acceptors (Lipinski definition) is 4. The number of esters is 2. The third kappa shape index (κ3) is 20.2. The fourth-order valence-corrected chi connectivity index (χ4v) is 7.70. The summed E-state index contributed by atoms with van der Waals surface area (Å²) in [5.74, 6) is 0.112. The average molecular weight is 721 g/mol. The standard InChI is InChI=1S/C48H80O4/c1-5-9-13-17-20-21-24-28-34-42(33-27-23-19-15-11-7-3)40-52-48(50)45-38-30-36-43-35-29-37-44(46(43)45)47(49)51-39-41(31-25-16-12-8-4)32-26-22-18-14-10-6-2/h29-30,35-38,41-42H,5-28,31-34,39-40H2,1-4H3. The van der Waals surface area contributed by atoms with Crippen molar-refractivity contribution in [2.24, 2.45) is 11.8 Å². The van der Waals surface area contributed by atoms with Gasteiger partial charge < -0.3 is 9.47 Å². The van der Waals surface area contributed by atoms with E-state index in [1.54, 1.807) is 0 Å². The molecule has 0 aliphatic carbocycles. The molecular weight excluding hydrogens is 641 g/mol. The highest BCUT2D eigenvalue weighted by Crippen LogP contribution is 2.27. The van der Waals surface area contributed by atoms with Crippen LogP contribution in [0, 0.1) is 11.8 Å². The van der Waals surface area contributed by atoms with Crippen molar-refractivity contribution in [3.05, 3.63) is 47.5 Å². The molecule has 0 saturated carbocycles. The van der Waals surface area contributed by atoms with E-state index in [0.29, 0.717) is 41.6 Å². The van der Waals surface area contributed by atoms with Crippen molar-refractivity contribution in [2.45, 2.75) is 207 Å². The molecule has 0 bridgehead atoms. The van der Waals surface area contributed by atoms with Crippen molar-refractivity contribution in [2.75, 3.05) is 13.2 Å². The summed E-state index contributed by atoms with van der Waals surface area (Å²) in [4.78, 5) is 27.5. The second kappa shape index (κ2) is 31.0. The summed E-state index contributed by atoms with van der Waals surface area (Å²) in [6.45, 7) is 9.94. The molecular formula is C48H80O4. The first-order valence-electron chi connectivity index (χ1n) is 22.4. The van der Waals surface area contributed by atoms with E-state index < -0.39 is 0 Å². The minimum atomic E-state index is -0.331. The minimum absolute atomic E-state index is 0.327. The van der Waals surface area contributed by atoms with E-state index in [0.717, 1.165) is 31.1 Å². The van der Waals surface area contributed by atoms with Crippen LogP contribution in [-0.4, -0.2) is 25.2 Å². The quantitative estimate of drug-likeness (QED) is 0.0533. The first kappa shape index (κ1) is 45.8. The van der Waals surface area contributed by atoms with Gasteiger partial charge in [-0.2, -0.15) is 0 Å². The Morgan fingerprint density at radius 3 is 1.04 bits per heavy atom. The highest BCUT2D eigenvalue weighted by Gasteiger charge is 2.21. The molecule has 2 aromatic carbocycles. The topological polar surface area (TPSA) is 52.6 Å². The van der Waals surface area contributed by atoms with Crippen LogP contribution in [0.15, 0.2) is 36.4 Å². The molecule has 296 valence electrons. The second-order valence-corrected chi connectivity index (χ2v) is 15.9. The van der Waals surface area contributed by atoms with Crippen LogP contribution in [0.2, 0.25) is 0 Å². The molecule has 0 saturated heterocycles. The number of carbonyl (C=O) groups excluding carboxylic acids is 2. The van der Waals surface area contributed by atoms with Gasteiger partial charge in [0.05, 0.1) is 24.3 Å². The van der Waals surface area contributed by atoms with Gasteiger partial charge in [0.25, 0.3) is 0 Å². The first-order valence-corrected chi connectivity index (χ1v) is 22.4. The summed E-state index contributed by atoms with van der Waals surface area (Å²) >= 11 is 0. The Kier molecular flexibility index (Phi) is 27.3. The lowest BCUT2D eigenvalue weighted by atomic mass is 9.94. The highest BCUT2D eigenvalue weighted by atomic mass is 16.5. The lowest BCUT2D eigenvalue weighted by Crippen LogP contribution is -2.17. The van der Waals surface area contributed by atoms with E-state index in [4.69, 9.17) is 9.47 Å². The van der Waals surface area contributed by atoms with Crippen molar-refractivity contribution in [1.82, 2.24) is 0 Å². The summed E-state index contributed by atoms with van der Waals surface area (Å²) in [6, 6.07) is 11.4. The Labute approximate surface area is 321 Å². The zero-order valence-corrected chi connectivity index (χ0v) is 34.5. The number of unbranched alkanes of at least 4 members (excludes halogenated alkanes) is 20. The van der Waals surface area contributed by atoms with E-state index >= 15 is 0 Å². The molecule has 2 rings (SSSR count). The van der Waals surface area contributed by atoms with E-state index in [1.165, 1.54) is 154 Å². The summed E-state index contributed by atoms with van der Waals surface area (Å²) < 4.78 is 12.2. The SMILES string of the molecule is CCCCCCCCCCC(CCCCCCCC)COC(=O)c1cccc2cccc(C(=O)OCC(CCCCCC)CCCCCCCC)c12. The molecule has 0 amide bonds. The summed E-state index contributed by atoms with van der Waals surface area (Å²) in [5.41, 5.74) is 0.940. The van der Waals surface area contributed by atoms with Crippen molar-refractivity contribution in [3.8, 4) is 0 Å². The molecule has 0 N–H and O–H groups in total. The molecule has 2 atom stereocenters. The average Bonchev–Trinajstić information content (AvgIpc) is 3.16. The van der Waals surface area contributed by atoms with Crippen molar-refractivity contribution < 1.29 is 19.1 Å². The van der Waals surface area contributed by atoms with Gasteiger partial charge in [0, 0.05) is 5.39 Å². The molecule has 4 heteroatoms. The predicted octanol–water partition coefficient (Wildman–Crippen LogP) is 15.4. The van der Waals surface area contributed by atoms with Crippen LogP contribution in [0.4, 0.5) is 0 Å². The van der Waals surface area contributed by atoms with Crippen LogP contribution in [0.5, 0.6) is 0 Å². The number of fused-ring (bicyclic) bond motifs is 1. The normalized spacial score (nSPS) is 12.6. The van der Waals surface area contributed by atoms with E-state index in [9.17, 15) is 9.59 Å². The number of benzene rings is 2. The van der Waals surface area contributed by atoms with Crippen LogP contribution in [0.1, 0.15) is 228 Å². The Balaban J connectivity index is 2.05. The summed E-state index contributed by atoms with van der Waals surface area (Å²) in [5, 5.41) is 1.53. The van der Waals surface area contributed by atoms with Gasteiger partial charge in [-0.3, -0.25) is 0 Å². The monoisotopic (exact) mass is 721 g/mol. The molecule has 2 aromatic rings. The van der Waals surface area contributed by atoms with Gasteiger partial charge in [-0.25, -0.2) is 9.59 Å². The van der Waals surface area contributed by atoms with Gasteiger partial charge in [0.15, 0.2) is 0 Å². The fraction of sp³-hybridized carbons (Fsp3) is 0.750. The Hall–Kier alpha value is -2.36. The molecule has 0 aliphatic heterocycles. The van der Waals surface area contributed by atoms with Crippen LogP contribution < -0.4 is 0 Å². The zero-order valence-electron chi connectivity index (χ0n) is 34.5. The van der Waals surface area contributed by atoms with Crippen LogP contribution in [0.25, 0.3) is 10.8 Å². The maximum atomic E-state index is 13.8. The largest absolute Gasteiger partial charge is 0.462 e. The van der Waals surface area contributed by atoms with Crippen molar-refractivity contribution >= 4 is 22.7 Å². The van der Waals surface area contributed by atoms with Gasteiger partial charge in [-0.05, 0) is 55.0 Å². The van der Waals surface area contributed by atoms with Gasteiger partial charge in [0.1, 0.15) is 0 Å². The van der Waals surface area contributed by atoms with E-state index in [2.05, 4.69) is 27.7 Å². The molecule has 52 heavy (non-hydrogen) atoms. The molecule has 0 aromatic heterocycles. The van der Waals surface area contributed by atoms with E-state index in [1.807, 2.05) is 36.4 Å². The fourth-order valence-electron chi connectivity index (χ4n) is 7.70. The molecule has 0 fully saturated rings. The van der Waals surface area contributed by atoms with Crippen LogP contribution in [0.3, 0.4) is 0 Å². The van der Waals surface area contributed by atoms with Gasteiger partial charge in [-0.15, -0.1) is 0 Å². The third-order valence-corrected chi connectivity index (χ3v) is 11.1. The van der Waals surface area contributed by atoms with Gasteiger partial charge in [-0.1, -0.05) is 206 Å². The maximum absolute atomic E-state index is 13.8. The molecule has 0 spiro atoms. The lowest BCUT2D eigenvalue weighted by molar-refractivity contribution is 0.0424. The first-order chi connectivity index (χ1) is 25.5. The smallest absolute Gasteiger partial charge is 0.338 e. The van der Waals surface area contributed by atoms with Crippen molar-refractivity contribution in [3.63, 3.8) is 0 Å². The van der Waals surface area contributed by atoms with Crippen LogP contribution in [-0.2, 0) is 9.47 Å². The van der Waals surface area contributed by atoms with Gasteiger partial charge >= 0.3 is 11.9 Å². The second-order valence-electron chi connectivity index (χ2n) is 15.9. The minimum Gasteiger partial charge on any atom is -0.462 e. The Morgan fingerprint density at radius 2 is 0.712 bits per heavy atom. The number of carbonyl (C=O) groups is 2. The third-order valence-electron chi connectivity index (χ3n) is 11.1. The lowest BCUT2D eigenvalue weighted by Gasteiger charge is -2.19. The summed E-state index contributed by atoms with van der Waals surface area (Å²) in [6.07, 6.45) is 35.1. The molecule has 0 radical (unpaired) electrons. The molecule has 4 nitrogen and oxygen atoms in total. The molecule has 2 unspecified atom stereocenters. The number of ether oxygens (including phenoxy) is 2. The van der Waals surface area contributed by atoms with Gasteiger partial charge in [0.2, 0.25) is 0 Å². The zero-order chi connectivity index (χ0) is 37.5. The van der Waals surface area contributed by atoms with Crippen molar-refractivity contribution in [1.29, 1.82) is 0 Å². The highest BCUT2D eigenvalue weighted by molar-refractivity contribution is 6.13. The number of hydrogen-bond donors (Lipinski definition) is 0. The molecule has 0 heterocycles. The predicted molar refractivity (Wildman–Crippen MR) is 223 cm³/mol. The van der Waals surface area contributed by atoms with E-state index in [-0.39, 0.29) is 11.9 Å².